The predicted octanol–water partition coefficient (Wildman–Crippen LogP) is 9.21. The average molecular weight is 395 g/mol. The third kappa shape index (κ3) is 10.9. The smallest absolute Gasteiger partial charge is 0.0215 e. The lowest BCUT2D eigenvalue weighted by Crippen LogP contribution is -1.98. The number of hydrogen-bond donors (Lipinski definition) is 1. The van der Waals surface area contributed by atoms with Crippen LogP contribution in [-0.4, -0.2) is 0 Å². The predicted molar refractivity (Wildman–Crippen MR) is 125 cm³/mol. The van der Waals surface area contributed by atoms with Gasteiger partial charge in [-0.25, -0.2) is 0 Å². The second kappa shape index (κ2) is 17.0. The first-order valence-electron chi connectivity index (χ1n) is 11.3. The van der Waals surface area contributed by atoms with E-state index < -0.39 is 0 Å². The lowest BCUT2D eigenvalue weighted by atomic mass is 9.96. The summed E-state index contributed by atoms with van der Waals surface area (Å²) in [4.78, 5) is 1.39. The van der Waals surface area contributed by atoms with Crippen molar-refractivity contribution in [2.24, 2.45) is 0 Å². The van der Waals surface area contributed by atoms with Gasteiger partial charge in [-0.15, -0.1) is 11.7 Å². The van der Waals surface area contributed by atoms with Gasteiger partial charge < -0.3 is 0 Å². The molecule has 0 nitrogen and oxygen atoms in total. The van der Waals surface area contributed by atoms with E-state index in [0.29, 0.717) is 0 Å². The van der Waals surface area contributed by atoms with Crippen LogP contribution in [0.25, 0.3) is 0 Å². The first-order chi connectivity index (χ1) is 12.8. The molecule has 0 heterocycles. The van der Waals surface area contributed by atoms with Crippen LogP contribution in [0.1, 0.15) is 115 Å². The van der Waals surface area contributed by atoms with Gasteiger partial charge >= 0.3 is 0 Å². The Balaban J connectivity index is 2.35. The van der Waals surface area contributed by atoms with Crippen LogP contribution >= 0.6 is 22.5 Å². The van der Waals surface area contributed by atoms with Crippen molar-refractivity contribution < 1.29 is 0 Å². The van der Waals surface area contributed by atoms with Crippen LogP contribution in [0.4, 0.5) is 0 Å². The van der Waals surface area contributed by atoms with E-state index in [1.165, 1.54) is 108 Å². The summed E-state index contributed by atoms with van der Waals surface area (Å²) in [6, 6.07) is 6.84. The molecular formula is C24H42S2. The number of aryl methyl sites for hydroxylation is 1. The Labute approximate surface area is 173 Å². The Bertz CT molecular complexity index is 442. The number of hydrogen-bond acceptors (Lipinski definition) is 2. The Morgan fingerprint density at radius 2 is 1.15 bits per heavy atom. The highest BCUT2D eigenvalue weighted by Gasteiger charge is 2.08. The Morgan fingerprint density at radius 1 is 0.654 bits per heavy atom. The molecule has 0 amide bonds. The molecule has 0 saturated heterocycles. The molecule has 2 heteroatoms. The van der Waals surface area contributed by atoms with Crippen LogP contribution in [0.5, 0.6) is 0 Å². The Hall–Kier alpha value is -0.0800. The van der Waals surface area contributed by atoms with Gasteiger partial charge in [-0.05, 0) is 42.9 Å². The van der Waals surface area contributed by atoms with Crippen LogP contribution in [0.2, 0.25) is 0 Å². The van der Waals surface area contributed by atoms with E-state index in [-0.39, 0.29) is 0 Å². The first-order valence-corrected chi connectivity index (χ1v) is 13.1. The van der Waals surface area contributed by atoms with Gasteiger partial charge in [0, 0.05) is 4.90 Å². The van der Waals surface area contributed by atoms with E-state index in [4.69, 9.17) is 0 Å². The maximum atomic E-state index is 4.50. The summed E-state index contributed by atoms with van der Waals surface area (Å²) in [7, 11) is 1.63. The van der Waals surface area contributed by atoms with Crippen molar-refractivity contribution in [3.8, 4) is 0 Å². The van der Waals surface area contributed by atoms with Gasteiger partial charge in [-0.2, -0.15) is 0 Å². The molecule has 0 atom stereocenters. The van der Waals surface area contributed by atoms with Gasteiger partial charge in [-0.1, -0.05) is 114 Å². The van der Waals surface area contributed by atoms with E-state index in [9.17, 15) is 0 Å². The standard InChI is InChI=1S/C24H42S2/c1-3-5-7-9-11-13-15-18-22-19-17-21-24(26-25)23(22)20-16-14-12-10-8-6-4-2/h17,19,21,25H,3-16,18,20H2,1-2H3. The second-order valence-corrected chi connectivity index (χ2v) is 8.90. The van der Waals surface area contributed by atoms with Gasteiger partial charge in [0.1, 0.15) is 0 Å². The van der Waals surface area contributed by atoms with Gasteiger partial charge in [0.15, 0.2) is 0 Å². The van der Waals surface area contributed by atoms with Gasteiger partial charge in [0.05, 0.1) is 0 Å². The Morgan fingerprint density at radius 3 is 1.69 bits per heavy atom. The molecule has 0 unspecified atom stereocenters. The van der Waals surface area contributed by atoms with Crippen molar-refractivity contribution in [2.45, 2.75) is 121 Å². The molecule has 0 N–H and O–H groups in total. The summed E-state index contributed by atoms with van der Waals surface area (Å²) in [5.41, 5.74) is 3.18. The molecular weight excluding hydrogens is 352 g/mol. The third-order valence-electron chi connectivity index (χ3n) is 5.41. The number of thiol groups is 1. The lowest BCUT2D eigenvalue weighted by molar-refractivity contribution is 0.581. The molecule has 1 aromatic rings. The zero-order valence-corrected chi connectivity index (χ0v) is 19.1. The van der Waals surface area contributed by atoms with Crippen molar-refractivity contribution in [3.05, 3.63) is 29.3 Å². The minimum atomic E-state index is 1.24. The van der Waals surface area contributed by atoms with Crippen LogP contribution in [0.15, 0.2) is 23.1 Å². The molecule has 0 aromatic heterocycles. The molecule has 0 radical (unpaired) electrons. The van der Waals surface area contributed by atoms with Crippen LogP contribution in [-0.2, 0) is 12.8 Å². The van der Waals surface area contributed by atoms with Crippen molar-refractivity contribution in [2.75, 3.05) is 0 Å². The largest absolute Gasteiger partial charge is 0.106 e. The highest BCUT2D eigenvalue weighted by Crippen LogP contribution is 2.30. The first kappa shape index (κ1) is 24.0. The average Bonchev–Trinajstić information content (AvgIpc) is 2.67. The molecule has 1 aromatic carbocycles. The van der Waals surface area contributed by atoms with Crippen LogP contribution < -0.4 is 0 Å². The van der Waals surface area contributed by atoms with E-state index >= 15 is 0 Å². The highest BCUT2D eigenvalue weighted by molar-refractivity contribution is 8.68. The van der Waals surface area contributed by atoms with Crippen LogP contribution in [0, 0.1) is 0 Å². The summed E-state index contributed by atoms with van der Waals surface area (Å²) < 4.78 is 0. The van der Waals surface area contributed by atoms with Crippen molar-refractivity contribution in [3.63, 3.8) is 0 Å². The molecule has 1 rings (SSSR count). The summed E-state index contributed by atoms with van der Waals surface area (Å²) in [6.07, 6.45) is 21.9. The van der Waals surface area contributed by atoms with E-state index in [0.717, 1.165) is 0 Å². The fourth-order valence-corrected chi connectivity index (χ4v) is 4.74. The number of unbranched alkanes of at least 4 members (excludes halogenated alkanes) is 12. The fraction of sp³-hybridized carbons (Fsp3) is 0.750. The molecule has 26 heavy (non-hydrogen) atoms. The van der Waals surface area contributed by atoms with E-state index in [1.54, 1.807) is 21.9 Å². The maximum Gasteiger partial charge on any atom is 0.0215 e. The molecule has 0 fully saturated rings. The quantitative estimate of drug-likeness (QED) is 0.156. The van der Waals surface area contributed by atoms with E-state index in [2.05, 4.69) is 43.7 Å². The van der Waals surface area contributed by atoms with Gasteiger partial charge in [0.2, 0.25) is 0 Å². The minimum Gasteiger partial charge on any atom is -0.106 e. The number of benzene rings is 1. The molecule has 0 spiro atoms. The molecule has 0 aliphatic rings. The summed E-state index contributed by atoms with van der Waals surface area (Å²) in [6.45, 7) is 4.58. The molecule has 0 bridgehead atoms. The van der Waals surface area contributed by atoms with Crippen molar-refractivity contribution >= 4 is 22.5 Å². The molecule has 0 aliphatic carbocycles. The second-order valence-electron chi connectivity index (χ2n) is 7.73. The van der Waals surface area contributed by atoms with Crippen LogP contribution in [0.3, 0.4) is 0 Å². The van der Waals surface area contributed by atoms with Crippen molar-refractivity contribution in [1.29, 1.82) is 0 Å². The van der Waals surface area contributed by atoms with Gasteiger partial charge in [0.25, 0.3) is 0 Å². The van der Waals surface area contributed by atoms with Crippen molar-refractivity contribution in [1.82, 2.24) is 0 Å². The number of rotatable bonds is 17. The molecule has 0 aliphatic heterocycles. The van der Waals surface area contributed by atoms with Gasteiger partial charge in [-0.3, -0.25) is 0 Å². The highest BCUT2D eigenvalue weighted by atomic mass is 33.1. The Kier molecular flexibility index (Phi) is 15.7. The fourth-order valence-electron chi connectivity index (χ4n) is 3.75. The SMILES string of the molecule is CCCCCCCCCc1cccc(SS)c1CCCCCCCCC. The summed E-state index contributed by atoms with van der Waals surface area (Å²) in [5, 5.41) is 0. The lowest BCUT2D eigenvalue weighted by Gasteiger charge is -2.13. The van der Waals surface area contributed by atoms with E-state index in [1.807, 2.05) is 0 Å². The molecule has 0 saturated carbocycles. The monoisotopic (exact) mass is 394 g/mol. The topological polar surface area (TPSA) is 0 Å². The zero-order chi connectivity index (χ0) is 18.9. The normalized spacial score (nSPS) is 11.2. The molecule has 150 valence electrons. The summed E-state index contributed by atoms with van der Waals surface area (Å²) in [5.74, 6) is 0. The zero-order valence-electron chi connectivity index (χ0n) is 17.4. The third-order valence-corrected chi connectivity index (χ3v) is 6.58. The maximum absolute atomic E-state index is 4.50. The summed E-state index contributed by atoms with van der Waals surface area (Å²) >= 11 is 4.50. The minimum absolute atomic E-state index is 1.24.